The average Bonchev–Trinajstić information content (AvgIpc) is 1.97. The van der Waals surface area contributed by atoms with Gasteiger partial charge in [0.1, 0.15) is 0 Å². The zero-order chi connectivity index (χ0) is 10.7. The van der Waals surface area contributed by atoms with Gasteiger partial charge in [-0.2, -0.15) is 0 Å². The summed E-state index contributed by atoms with van der Waals surface area (Å²) in [6, 6.07) is 0. The lowest BCUT2D eigenvalue weighted by Gasteiger charge is -2.01. The number of hydrogen-bond donors (Lipinski definition) is 1. The van der Waals surface area contributed by atoms with Crippen molar-refractivity contribution in [2.45, 2.75) is 60.3 Å². The van der Waals surface area contributed by atoms with Crippen LogP contribution in [0.25, 0.3) is 0 Å². The molecule has 82 valence electrons. The summed E-state index contributed by atoms with van der Waals surface area (Å²) >= 11 is 0. The predicted molar refractivity (Wildman–Crippen MR) is 60.9 cm³/mol. The van der Waals surface area contributed by atoms with Gasteiger partial charge in [-0.15, -0.1) is 0 Å². The van der Waals surface area contributed by atoms with E-state index in [2.05, 4.69) is 34.6 Å². The van der Waals surface area contributed by atoms with Crippen molar-refractivity contribution >= 4 is 0 Å². The first-order chi connectivity index (χ1) is 6.00. The molecule has 0 fully saturated rings. The van der Waals surface area contributed by atoms with Gasteiger partial charge in [-0.25, -0.2) is 0 Å². The molecule has 0 amide bonds. The van der Waals surface area contributed by atoms with Gasteiger partial charge < -0.3 is 5.11 Å². The molecule has 1 heteroatoms. The number of unbranched alkanes of at least 4 members (excludes halogenated alkanes) is 2. The van der Waals surface area contributed by atoms with Crippen LogP contribution < -0.4 is 0 Å². The molecule has 0 spiro atoms. The van der Waals surface area contributed by atoms with E-state index in [4.69, 9.17) is 5.11 Å². The Kier molecular flexibility index (Phi) is 14.2. The van der Waals surface area contributed by atoms with Crippen LogP contribution in [0.15, 0.2) is 0 Å². The van der Waals surface area contributed by atoms with Gasteiger partial charge in [0.05, 0.1) is 0 Å². The highest BCUT2D eigenvalue weighted by Gasteiger charge is 1.92. The normalized spacial score (nSPS) is 10.2. The predicted octanol–water partition coefficient (Wildman–Crippen LogP) is 3.86. The van der Waals surface area contributed by atoms with Crippen molar-refractivity contribution in [3.63, 3.8) is 0 Å². The quantitative estimate of drug-likeness (QED) is 0.650. The maximum absolute atomic E-state index is 8.43. The number of rotatable bonds is 5. The standard InChI is InChI=1S/C8H18O.C4H10/c1-8(2)6-4-3-5-7-9;1-4(2)3/h8-9H,3-7H2,1-2H3;4H,1-3H3. The van der Waals surface area contributed by atoms with E-state index in [0.29, 0.717) is 6.61 Å². The van der Waals surface area contributed by atoms with Crippen LogP contribution in [-0.4, -0.2) is 11.7 Å². The van der Waals surface area contributed by atoms with Gasteiger partial charge in [0, 0.05) is 6.61 Å². The van der Waals surface area contributed by atoms with Gasteiger partial charge in [0.2, 0.25) is 0 Å². The van der Waals surface area contributed by atoms with Crippen LogP contribution in [0.4, 0.5) is 0 Å². The number of hydrogen-bond acceptors (Lipinski definition) is 1. The average molecular weight is 188 g/mol. The summed E-state index contributed by atoms with van der Waals surface area (Å²) in [4.78, 5) is 0. The van der Waals surface area contributed by atoms with E-state index >= 15 is 0 Å². The van der Waals surface area contributed by atoms with E-state index in [1.54, 1.807) is 0 Å². The molecule has 0 saturated heterocycles. The minimum atomic E-state index is 0.359. The van der Waals surface area contributed by atoms with E-state index in [0.717, 1.165) is 18.3 Å². The van der Waals surface area contributed by atoms with E-state index in [9.17, 15) is 0 Å². The van der Waals surface area contributed by atoms with Gasteiger partial charge >= 0.3 is 0 Å². The molecule has 0 saturated carbocycles. The third-order valence-corrected chi connectivity index (χ3v) is 1.44. The second kappa shape index (κ2) is 12.0. The van der Waals surface area contributed by atoms with E-state index in [1.807, 2.05) is 0 Å². The van der Waals surface area contributed by atoms with E-state index < -0.39 is 0 Å². The van der Waals surface area contributed by atoms with Crippen LogP contribution >= 0.6 is 0 Å². The maximum Gasteiger partial charge on any atom is 0.0431 e. The van der Waals surface area contributed by atoms with Gasteiger partial charge in [-0.05, 0) is 18.3 Å². The zero-order valence-corrected chi connectivity index (χ0v) is 10.1. The molecule has 0 bridgehead atoms. The second-order valence-corrected chi connectivity index (χ2v) is 4.70. The van der Waals surface area contributed by atoms with Crippen LogP contribution in [0, 0.1) is 11.8 Å². The van der Waals surface area contributed by atoms with Gasteiger partial charge in [0.25, 0.3) is 0 Å². The molecule has 0 aromatic carbocycles. The van der Waals surface area contributed by atoms with Crippen molar-refractivity contribution in [1.82, 2.24) is 0 Å². The molecule has 1 nitrogen and oxygen atoms in total. The van der Waals surface area contributed by atoms with Crippen LogP contribution in [0.3, 0.4) is 0 Å². The Hall–Kier alpha value is -0.0400. The molecule has 1 N–H and O–H groups in total. The van der Waals surface area contributed by atoms with Crippen LogP contribution in [0.2, 0.25) is 0 Å². The Morgan fingerprint density at radius 1 is 0.846 bits per heavy atom. The van der Waals surface area contributed by atoms with Crippen molar-refractivity contribution in [3.05, 3.63) is 0 Å². The highest BCUT2D eigenvalue weighted by Crippen LogP contribution is 2.06. The zero-order valence-electron chi connectivity index (χ0n) is 10.1. The molecular formula is C12H28O. The Labute approximate surface area is 84.6 Å². The molecule has 0 aliphatic heterocycles. The second-order valence-electron chi connectivity index (χ2n) is 4.70. The van der Waals surface area contributed by atoms with Gasteiger partial charge in [0.15, 0.2) is 0 Å². The fraction of sp³-hybridized carbons (Fsp3) is 1.00. The van der Waals surface area contributed by atoms with Crippen molar-refractivity contribution in [1.29, 1.82) is 0 Å². The minimum absolute atomic E-state index is 0.359. The third-order valence-electron chi connectivity index (χ3n) is 1.44. The van der Waals surface area contributed by atoms with Gasteiger partial charge in [-0.1, -0.05) is 53.9 Å². The van der Waals surface area contributed by atoms with E-state index in [1.165, 1.54) is 19.3 Å². The van der Waals surface area contributed by atoms with Gasteiger partial charge in [-0.3, -0.25) is 0 Å². The Bertz CT molecular complexity index is 74.4. The summed E-state index contributed by atoms with van der Waals surface area (Å²) in [6.45, 7) is 11.3. The molecule has 0 atom stereocenters. The molecule has 0 unspecified atom stereocenters. The number of aliphatic hydroxyl groups is 1. The fourth-order valence-electron chi connectivity index (χ4n) is 0.841. The summed E-state index contributed by atoms with van der Waals surface area (Å²) < 4.78 is 0. The molecule has 0 radical (unpaired) electrons. The number of aliphatic hydroxyl groups excluding tert-OH is 1. The lowest BCUT2D eigenvalue weighted by molar-refractivity contribution is 0.281. The monoisotopic (exact) mass is 188 g/mol. The van der Waals surface area contributed by atoms with Crippen molar-refractivity contribution < 1.29 is 5.11 Å². The Morgan fingerprint density at radius 2 is 1.31 bits per heavy atom. The first kappa shape index (κ1) is 15.4. The highest BCUT2D eigenvalue weighted by molar-refractivity contribution is 4.45. The summed E-state index contributed by atoms with van der Waals surface area (Å²) in [6.07, 6.45) is 4.75. The van der Waals surface area contributed by atoms with Crippen molar-refractivity contribution in [2.24, 2.45) is 11.8 Å². The Morgan fingerprint density at radius 3 is 1.62 bits per heavy atom. The molecule has 0 rings (SSSR count). The first-order valence-electron chi connectivity index (χ1n) is 5.61. The molecule has 0 aromatic rings. The first-order valence-corrected chi connectivity index (χ1v) is 5.61. The van der Waals surface area contributed by atoms with E-state index in [-0.39, 0.29) is 0 Å². The minimum Gasteiger partial charge on any atom is -0.396 e. The lowest BCUT2D eigenvalue weighted by Crippen LogP contribution is -1.88. The molecule has 13 heavy (non-hydrogen) atoms. The molecule has 0 aliphatic rings. The van der Waals surface area contributed by atoms with Crippen LogP contribution in [0.5, 0.6) is 0 Å². The molecular weight excluding hydrogens is 160 g/mol. The smallest absolute Gasteiger partial charge is 0.0431 e. The molecule has 0 aromatic heterocycles. The van der Waals surface area contributed by atoms with Crippen LogP contribution in [-0.2, 0) is 0 Å². The lowest BCUT2D eigenvalue weighted by atomic mass is 10.1. The highest BCUT2D eigenvalue weighted by atomic mass is 16.2. The Balaban J connectivity index is 0. The molecule has 0 aliphatic carbocycles. The summed E-state index contributed by atoms with van der Waals surface area (Å²) in [5.74, 6) is 1.66. The summed E-state index contributed by atoms with van der Waals surface area (Å²) in [5.41, 5.74) is 0. The molecule has 0 heterocycles. The topological polar surface area (TPSA) is 20.2 Å². The third kappa shape index (κ3) is 33.4. The SMILES string of the molecule is CC(C)C.CC(C)CCCCCO. The maximum atomic E-state index is 8.43. The summed E-state index contributed by atoms with van der Waals surface area (Å²) in [5, 5.41) is 8.43. The van der Waals surface area contributed by atoms with Crippen molar-refractivity contribution in [2.75, 3.05) is 6.61 Å². The summed E-state index contributed by atoms with van der Waals surface area (Å²) in [7, 11) is 0. The largest absolute Gasteiger partial charge is 0.396 e. The fourth-order valence-corrected chi connectivity index (χ4v) is 0.841. The van der Waals surface area contributed by atoms with Crippen molar-refractivity contribution in [3.8, 4) is 0 Å². The van der Waals surface area contributed by atoms with Crippen LogP contribution in [0.1, 0.15) is 60.3 Å².